The Bertz CT molecular complexity index is 931. The number of carboxylic acids is 1. The van der Waals surface area contributed by atoms with Crippen molar-refractivity contribution >= 4 is 17.7 Å². The molecule has 2 heterocycles. The van der Waals surface area contributed by atoms with E-state index in [0.717, 1.165) is 63.6 Å². The van der Waals surface area contributed by atoms with Gasteiger partial charge in [-0.3, -0.25) is 4.79 Å². The average molecular weight is 482 g/mol. The summed E-state index contributed by atoms with van der Waals surface area (Å²) in [4.78, 5) is 35.4. The summed E-state index contributed by atoms with van der Waals surface area (Å²) in [5, 5.41) is 9.40. The fraction of sp³-hybridized carbons (Fsp3) is 0.690. The number of carbonyl (C=O) groups excluding carboxylic acids is 1. The van der Waals surface area contributed by atoms with Crippen molar-refractivity contribution in [2.45, 2.75) is 97.2 Å². The Morgan fingerprint density at radius 2 is 1.83 bits per heavy atom. The second kappa shape index (κ2) is 10.7. The molecule has 1 amide bonds. The molecule has 1 saturated heterocycles. The van der Waals surface area contributed by atoms with E-state index in [1.54, 1.807) is 12.1 Å². The first-order valence-corrected chi connectivity index (χ1v) is 13.8. The smallest absolute Gasteiger partial charge is 0.335 e. The molecule has 0 radical (unpaired) electrons. The van der Waals surface area contributed by atoms with Gasteiger partial charge in [-0.1, -0.05) is 46.2 Å². The van der Waals surface area contributed by atoms with E-state index in [2.05, 4.69) is 37.5 Å². The Kier molecular flexibility index (Phi) is 7.87. The predicted octanol–water partition coefficient (Wildman–Crippen LogP) is 6.13. The second-order valence-corrected chi connectivity index (χ2v) is 11.6. The largest absolute Gasteiger partial charge is 0.478 e. The van der Waals surface area contributed by atoms with E-state index in [9.17, 15) is 14.7 Å². The highest BCUT2D eigenvalue weighted by Gasteiger charge is 2.52. The second-order valence-electron chi connectivity index (χ2n) is 11.6. The first kappa shape index (κ1) is 25.7. The molecule has 1 aromatic rings. The number of nitrogens with zero attached hydrogens (tertiary/aromatic N) is 3. The Morgan fingerprint density at radius 1 is 1.14 bits per heavy atom. The highest BCUT2D eigenvalue weighted by atomic mass is 16.4. The quantitative estimate of drug-likeness (QED) is 0.508. The van der Waals surface area contributed by atoms with E-state index in [1.165, 1.54) is 12.8 Å². The van der Waals surface area contributed by atoms with Crippen molar-refractivity contribution in [1.82, 2.24) is 9.80 Å². The van der Waals surface area contributed by atoms with Crippen LogP contribution in [0.15, 0.2) is 29.3 Å². The monoisotopic (exact) mass is 481 g/mol. The van der Waals surface area contributed by atoms with Crippen LogP contribution in [0.25, 0.3) is 0 Å². The normalized spacial score (nSPS) is 28.0. The molecule has 3 aliphatic rings. The SMILES string of the molecule is CCC1CCC2(CC1)N=C(N1CCCC(C)C1)C(=O)N2C(CCC(C)C)c1ccc(C(=O)O)cc1. The van der Waals surface area contributed by atoms with Gasteiger partial charge in [-0.15, -0.1) is 0 Å². The molecule has 1 N–H and O–H groups in total. The van der Waals surface area contributed by atoms with Gasteiger partial charge in [0.1, 0.15) is 5.66 Å². The zero-order chi connectivity index (χ0) is 25.2. The fourth-order valence-electron chi connectivity index (χ4n) is 6.30. The van der Waals surface area contributed by atoms with Crippen molar-refractivity contribution in [3.63, 3.8) is 0 Å². The summed E-state index contributed by atoms with van der Waals surface area (Å²) in [7, 11) is 0. The zero-order valence-electron chi connectivity index (χ0n) is 22.0. The van der Waals surface area contributed by atoms with Crippen molar-refractivity contribution in [1.29, 1.82) is 0 Å². The zero-order valence-corrected chi connectivity index (χ0v) is 22.0. The van der Waals surface area contributed by atoms with Crippen LogP contribution in [0.1, 0.15) is 107 Å². The molecule has 2 atom stereocenters. The molecule has 2 aliphatic heterocycles. The Hall–Kier alpha value is -2.37. The number of amidine groups is 1. The molecule has 2 unspecified atom stereocenters. The highest BCUT2D eigenvalue weighted by molar-refractivity contribution is 6.39. The molecule has 1 spiro atoms. The van der Waals surface area contributed by atoms with E-state index in [4.69, 9.17) is 4.99 Å². The average Bonchev–Trinajstić information content (AvgIpc) is 3.12. The lowest BCUT2D eigenvalue weighted by Crippen LogP contribution is -2.52. The van der Waals surface area contributed by atoms with Gasteiger partial charge in [0.05, 0.1) is 11.6 Å². The number of hydrogen-bond donors (Lipinski definition) is 1. The summed E-state index contributed by atoms with van der Waals surface area (Å²) >= 11 is 0. The molecule has 6 heteroatoms. The predicted molar refractivity (Wildman–Crippen MR) is 139 cm³/mol. The van der Waals surface area contributed by atoms with Crippen molar-refractivity contribution in [2.75, 3.05) is 13.1 Å². The van der Waals surface area contributed by atoms with Crippen molar-refractivity contribution in [3.05, 3.63) is 35.4 Å². The maximum absolute atomic E-state index is 14.2. The summed E-state index contributed by atoms with van der Waals surface area (Å²) < 4.78 is 0. The first-order chi connectivity index (χ1) is 16.7. The third-order valence-electron chi connectivity index (χ3n) is 8.48. The molecule has 35 heavy (non-hydrogen) atoms. The van der Waals surface area contributed by atoms with E-state index in [0.29, 0.717) is 23.6 Å². The van der Waals surface area contributed by atoms with Crippen LogP contribution in [0.3, 0.4) is 0 Å². The van der Waals surface area contributed by atoms with E-state index >= 15 is 0 Å². The van der Waals surface area contributed by atoms with Crippen molar-refractivity contribution in [2.24, 2.45) is 22.7 Å². The molecular formula is C29H43N3O3. The minimum atomic E-state index is -0.924. The van der Waals surface area contributed by atoms with Gasteiger partial charge >= 0.3 is 5.97 Å². The summed E-state index contributed by atoms with van der Waals surface area (Å²) in [6, 6.07) is 7.07. The molecule has 0 aromatic heterocycles. The molecule has 1 aliphatic carbocycles. The van der Waals surface area contributed by atoms with Gasteiger partial charge in [0.25, 0.3) is 5.91 Å². The third kappa shape index (κ3) is 5.41. The molecular weight excluding hydrogens is 438 g/mol. The van der Waals surface area contributed by atoms with Crippen molar-refractivity contribution in [3.8, 4) is 0 Å². The number of amides is 1. The third-order valence-corrected chi connectivity index (χ3v) is 8.48. The van der Waals surface area contributed by atoms with Gasteiger partial charge in [-0.25, -0.2) is 9.79 Å². The van der Waals surface area contributed by atoms with Gasteiger partial charge in [0, 0.05) is 13.1 Å². The van der Waals surface area contributed by atoms with Gasteiger partial charge < -0.3 is 14.9 Å². The lowest BCUT2D eigenvalue weighted by molar-refractivity contribution is -0.134. The minimum absolute atomic E-state index is 0.0742. The Labute approximate surface area is 210 Å². The highest BCUT2D eigenvalue weighted by Crippen LogP contribution is 2.47. The number of piperidine rings is 1. The number of carboxylic acid groups (broad SMARTS) is 1. The number of hydrogen-bond acceptors (Lipinski definition) is 4. The van der Waals surface area contributed by atoms with Crippen LogP contribution in [-0.4, -0.2) is 51.4 Å². The Balaban J connectivity index is 1.72. The van der Waals surface area contributed by atoms with E-state index in [1.807, 2.05) is 12.1 Å². The van der Waals surface area contributed by atoms with Gasteiger partial charge in [-0.2, -0.15) is 0 Å². The maximum atomic E-state index is 14.2. The number of likely N-dealkylation sites (tertiary alicyclic amines) is 1. The van der Waals surface area contributed by atoms with Crippen molar-refractivity contribution < 1.29 is 14.7 Å². The molecule has 0 bridgehead atoms. The maximum Gasteiger partial charge on any atom is 0.335 e. The molecule has 2 fully saturated rings. The van der Waals surface area contributed by atoms with Crippen LogP contribution < -0.4 is 0 Å². The van der Waals surface area contributed by atoms with Crippen LogP contribution in [0, 0.1) is 17.8 Å². The van der Waals surface area contributed by atoms with Gasteiger partial charge in [0.15, 0.2) is 5.84 Å². The Morgan fingerprint density at radius 3 is 2.40 bits per heavy atom. The lowest BCUT2D eigenvalue weighted by Gasteiger charge is -2.45. The van der Waals surface area contributed by atoms with E-state index < -0.39 is 11.6 Å². The fourth-order valence-corrected chi connectivity index (χ4v) is 6.30. The summed E-state index contributed by atoms with van der Waals surface area (Å²) in [6.07, 6.45) is 9.37. The van der Waals surface area contributed by atoms with Crippen LogP contribution in [0.2, 0.25) is 0 Å². The van der Waals surface area contributed by atoms with Gasteiger partial charge in [0.2, 0.25) is 0 Å². The van der Waals surface area contributed by atoms with Crippen LogP contribution in [-0.2, 0) is 4.79 Å². The number of carbonyl (C=O) groups is 2. The summed E-state index contributed by atoms with van der Waals surface area (Å²) in [6.45, 7) is 10.8. The summed E-state index contributed by atoms with van der Waals surface area (Å²) in [5.74, 6) is 1.61. The number of aliphatic imine (C=N–C) groups is 1. The van der Waals surface area contributed by atoms with E-state index in [-0.39, 0.29) is 17.5 Å². The molecule has 1 saturated carbocycles. The number of aromatic carboxylic acids is 1. The first-order valence-electron chi connectivity index (χ1n) is 13.8. The molecule has 4 rings (SSSR count). The number of benzene rings is 1. The van der Waals surface area contributed by atoms with Gasteiger partial charge in [-0.05, 0) is 86.8 Å². The van der Waals surface area contributed by atoms with Crippen LogP contribution >= 0.6 is 0 Å². The number of rotatable bonds is 7. The molecule has 192 valence electrons. The minimum Gasteiger partial charge on any atom is -0.478 e. The standard InChI is InChI=1S/C29H43N3O3/c1-5-22-14-16-29(17-15-22)30-26(31-18-6-7-21(4)19-31)27(33)32(29)25(13-8-20(2)3)23-9-11-24(12-10-23)28(34)35/h9-12,20-22,25H,5-8,13-19H2,1-4H3,(H,34,35). The molecule has 1 aromatic carbocycles. The lowest BCUT2D eigenvalue weighted by atomic mass is 9.79. The topological polar surface area (TPSA) is 73.2 Å². The van der Waals surface area contributed by atoms with Crippen LogP contribution in [0.4, 0.5) is 0 Å². The summed E-state index contributed by atoms with van der Waals surface area (Å²) in [5.41, 5.74) is 0.817. The van der Waals surface area contributed by atoms with Crippen LogP contribution in [0.5, 0.6) is 0 Å². The molecule has 6 nitrogen and oxygen atoms in total.